The predicted molar refractivity (Wildman–Crippen MR) is 124 cm³/mol. The summed E-state index contributed by atoms with van der Waals surface area (Å²) in [6.45, 7) is 0.0802. The molecule has 2 aromatic rings. The Labute approximate surface area is 190 Å². The van der Waals surface area contributed by atoms with E-state index >= 15 is 0 Å². The number of hydrogen-bond acceptors (Lipinski definition) is 4. The van der Waals surface area contributed by atoms with Crippen molar-refractivity contribution in [3.8, 4) is 0 Å². The summed E-state index contributed by atoms with van der Waals surface area (Å²) in [7, 11) is -3.71. The zero-order chi connectivity index (χ0) is 21.4. The fraction of sp³-hybridized carbons (Fsp3) is 0.316. The third kappa shape index (κ3) is 7.90. The van der Waals surface area contributed by atoms with Gasteiger partial charge in [-0.3, -0.25) is 9.10 Å². The Bertz CT molecular complexity index is 955. The lowest BCUT2D eigenvalue weighted by Crippen LogP contribution is -2.40. The number of thioether (sulfide) groups is 1. The van der Waals surface area contributed by atoms with Gasteiger partial charge in [0.25, 0.3) is 0 Å². The maximum Gasteiger partial charge on any atom is 0.240 e. The van der Waals surface area contributed by atoms with Crippen LogP contribution in [0.5, 0.6) is 0 Å². The average molecular weight is 496 g/mol. The molecular weight excluding hydrogens is 475 g/mol. The highest BCUT2D eigenvalue weighted by Gasteiger charge is 2.23. The molecule has 29 heavy (non-hydrogen) atoms. The van der Waals surface area contributed by atoms with Crippen LogP contribution in [0.15, 0.2) is 42.5 Å². The molecule has 0 heterocycles. The third-order valence-corrected chi connectivity index (χ3v) is 7.12. The van der Waals surface area contributed by atoms with Crippen LogP contribution >= 0.6 is 46.6 Å². The first-order chi connectivity index (χ1) is 13.7. The molecule has 0 spiro atoms. The van der Waals surface area contributed by atoms with Gasteiger partial charge in [0.1, 0.15) is 6.54 Å². The van der Waals surface area contributed by atoms with Gasteiger partial charge in [-0.15, -0.1) is 0 Å². The minimum Gasteiger partial charge on any atom is -0.354 e. The molecule has 0 saturated heterocycles. The van der Waals surface area contributed by atoms with Crippen LogP contribution in [0.2, 0.25) is 15.1 Å². The van der Waals surface area contributed by atoms with Crippen molar-refractivity contribution in [1.29, 1.82) is 0 Å². The van der Waals surface area contributed by atoms with Gasteiger partial charge in [0.05, 0.1) is 22.0 Å². The number of rotatable bonds is 10. The molecule has 0 saturated carbocycles. The first-order valence-corrected chi connectivity index (χ1v) is 12.8. The predicted octanol–water partition coefficient (Wildman–Crippen LogP) is 4.85. The Morgan fingerprint density at radius 3 is 2.55 bits per heavy atom. The van der Waals surface area contributed by atoms with Gasteiger partial charge in [-0.2, -0.15) is 11.8 Å². The molecule has 5 nitrogen and oxygen atoms in total. The Kier molecular flexibility index (Phi) is 9.43. The highest BCUT2D eigenvalue weighted by atomic mass is 35.5. The van der Waals surface area contributed by atoms with E-state index in [-0.39, 0.29) is 22.3 Å². The highest BCUT2D eigenvalue weighted by molar-refractivity contribution is 7.98. The summed E-state index contributed by atoms with van der Waals surface area (Å²) in [5.74, 6) is 1.28. The van der Waals surface area contributed by atoms with Crippen LogP contribution in [0.25, 0.3) is 0 Å². The number of sulfonamides is 1. The quantitative estimate of drug-likeness (QED) is 0.478. The number of nitrogens with one attached hydrogen (secondary N) is 1. The van der Waals surface area contributed by atoms with Crippen LogP contribution in [0.3, 0.4) is 0 Å². The Balaban J connectivity index is 1.81. The molecule has 0 bridgehead atoms. The third-order valence-electron chi connectivity index (χ3n) is 3.83. The minimum atomic E-state index is -3.71. The van der Waals surface area contributed by atoms with Gasteiger partial charge in [0.2, 0.25) is 15.9 Å². The average Bonchev–Trinajstić information content (AvgIpc) is 2.64. The molecule has 2 aromatic carbocycles. The number of anilines is 1. The Morgan fingerprint density at radius 2 is 1.86 bits per heavy atom. The molecule has 1 amide bonds. The van der Waals surface area contributed by atoms with Crippen molar-refractivity contribution in [1.82, 2.24) is 5.32 Å². The SMILES string of the molecule is CS(=O)(=O)N(CC(=O)NCCCSCc1cccc(Cl)c1)c1cccc(Cl)c1Cl. The van der Waals surface area contributed by atoms with Crippen molar-refractivity contribution in [2.24, 2.45) is 0 Å². The van der Waals surface area contributed by atoms with Crippen LogP contribution in [-0.2, 0) is 20.6 Å². The maximum atomic E-state index is 12.2. The molecule has 2 rings (SSSR count). The number of carbonyl (C=O) groups excluding carboxylic acids is 1. The van der Waals surface area contributed by atoms with Crippen LogP contribution in [-0.4, -0.2) is 39.4 Å². The molecule has 1 N–H and O–H groups in total. The van der Waals surface area contributed by atoms with Gasteiger partial charge in [0.15, 0.2) is 0 Å². The second-order valence-electron chi connectivity index (χ2n) is 6.23. The normalized spacial score (nSPS) is 11.3. The number of amides is 1. The maximum absolute atomic E-state index is 12.2. The van der Waals surface area contributed by atoms with Gasteiger partial charge < -0.3 is 5.32 Å². The topological polar surface area (TPSA) is 66.5 Å². The molecule has 0 atom stereocenters. The van der Waals surface area contributed by atoms with Crippen molar-refractivity contribution >= 4 is 68.2 Å². The van der Waals surface area contributed by atoms with Crippen LogP contribution in [0.1, 0.15) is 12.0 Å². The summed E-state index contributed by atoms with van der Waals surface area (Å²) in [5.41, 5.74) is 1.32. The van der Waals surface area contributed by atoms with Crippen LogP contribution in [0.4, 0.5) is 5.69 Å². The molecule has 0 aromatic heterocycles. The van der Waals surface area contributed by atoms with E-state index in [1.165, 1.54) is 6.07 Å². The molecule has 0 aliphatic carbocycles. The van der Waals surface area contributed by atoms with Crippen molar-refractivity contribution in [2.45, 2.75) is 12.2 Å². The number of carbonyl (C=O) groups is 1. The summed E-state index contributed by atoms with van der Waals surface area (Å²) in [6.07, 6.45) is 1.78. The van der Waals surface area contributed by atoms with Crippen molar-refractivity contribution in [3.05, 3.63) is 63.1 Å². The molecular formula is C19H21Cl3N2O3S2. The zero-order valence-electron chi connectivity index (χ0n) is 15.7. The zero-order valence-corrected chi connectivity index (χ0v) is 19.6. The van der Waals surface area contributed by atoms with E-state index in [4.69, 9.17) is 34.8 Å². The highest BCUT2D eigenvalue weighted by Crippen LogP contribution is 2.33. The summed E-state index contributed by atoms with van der Waals surface area (Å²) in [6, 6.07) is 12.3. The lowest BCUT2D eigenvalue weighted by atomic mass is 10.2. The fourth-order valence-corrected chi connectivity index (χ4v) is 4.90. The number of nitrogens with zero attached hydrogens (tertiary/aromatic N) is 1. The summed E-state index contributed by atoms with van der Waals surface area (Å²) >= 11 is 19.8. The monoisotopic (exact) mass is 494 g/mol. The lowest BCUT2D eigenvalue weighted by Gasteiger charge is -2.23. The minimum absolute atomic E-state index is 0.0878. The van der Waals surface area contributed by atoms with Crippen molar-refractivity contribution in [2.75, 3.05) is 29.4 Å². The molecule has 0 unspecified atom stereocenters. The van der Waals surface area contributed by atoms with Gasteiger partial charge in [-0.25, -0.2) is 8.42 Å². The molecule has 10 heteroatoms. The number of halogens is 3. The molecule has 0 aliphatic rings. The fourth-order valence-electron chi connectivity index (χ4n) is 2.47. The van der Waals surface area contributed by atoms with Gasteiger partial charge in [-0.05, 0) is 42.0 Å². The van der Waals surface area contributed by atoms with Crippen LogP contribution in [0, 0.1) is 0 Å². The standard InChI is InChI=1S/C19H21Cl3N2O3S2/c1-29(26,27)24(17-8-3-7-16(21)19(17)22)12-18(25)23-9-4-10-28-13-14-5-2-6-15(20)11-14/h2-3,5-8,11H,4,9-10,12-13H2,1H3,(H,23,25). The largest absolute Gasteiger partial charge is 0.354 e. The molecule has 0 radical (unpaired) electrons. The van der Waals surface area contributed by atoms with E-state index in [0.717, 1.165) is 34.1 Å². The Hall–Kier alpha value is -1.12. The van der Waals surface area contributed by atoms with Crippen molar-refractivity contribution in [3.63, 3.8) is 0 Å². The molecule has 0 aliphatic heterocycles. The number of hydrogen-bond donors (Lipinski definition) is 1. The van der Waals surface area contributed by atoms with Gasteiger partial charge >= 0.3 is 0 Å². The summed E-state index contributed by atoms with van der Waals surface area (Å²) < 4.78 is 25.2. The first-order valence-electron chi connectivity index (χ1n) is 8.69. The van der Waals surface area contributed by atoms with Crippen LogP contribution < -0.4 is 9.62 Å². The number of benzene rings is 2. The molecule has 158 valence electrons. The Morgan fingerprint density at radius 1 is 1.14 bits per heavy atom. The van der Waals surface area contributed by atoms with E-state index in [1.807, 2.05) is 24.3 Å². The van der Waals surface area contributed by atoms with E-state index in [9.17, 15) is 13.2 Å². The van der Waals surface area contributed by atoms with E-state index in [2.05, 4.69) is 5.32 Å². The summed E-state index contributed by atoms with van der Waals surface area (Å²) in [4.78, 5) is 12.2. The van der Waals surface area contributed by atoms with Gasteiger partial charge in [0, 0.05) is 17.3 Å². The van der Waals surface area contributed by atoms with Crippen molar-refractivity contribution < 1.29 is 13.2 Å². The molecule has 0 fully saturated rings. The second kappa shape index (κ2) is 11.3. The second-order valence-corrected chi connectivity index (χ2v) is 10.5. The van der Waals surface area contributed by atoms with E-state index in [1.54, 1.807) is 23.9 Å². The summed E-state index contributed by atoms with van der Waals surface area (Å²) in [5, 5.41) is 3.76. The van der Waals surface area contributed by atoms with E-state index < -0.39 is 15.9 Å². The first kappa shape index (κ1) is 24.2. The smallest absolute Gasteiger partial charge is 0.240 e. The lowest BCUT2D eigenvalue weighted by molar-refractivity contribution is -0.119. The van der Waals surface area contributed by atoms with Gasteiger partial charge in [-0.1, -0.05) is 53.0 Å². The van der Waals surface area contributed by atoms with E-state index in [0.29, 0.717) is 11.6 Å².